The number of rotatable bonds is 7. The van der Waals surface area contributed by atoms with Crippen molar-refractivity contribution in [3.8, 4) is 0 Å². The number of carbonyl (C=O) groups excluding carboxylic acids is 1. The van der Waals surface area contributed by atoms with Gasteiger partial charge < -0.3 is 16.0 Å². The van der Waals surface area contributed by atoms with Gasteiger partial charge in [0.25, 0.3) is 5.91 Å². The molecule has 6 heteroatoms. The molecule has 108 valence electrons. The minimum Gasteiger partial charge on any atom is -0.382 e. The minimum absolute atomic E-state index is 0.0390. The van der Waals surface area contributed by atoms with Crippen LogP contribution in [0.1, 0.15) is 49.7 Å². The van der Waals surface area contributed by atoms with Crippen LogP contribution < -0.4 is 11.1 Å². The number of anilines is 2. The number of nitrogen functional groups attached to an aromatic ring is 1. The maximum atomic E-state index is 12.2. The normalized spacial score (nSPS) is 10.8. The van der Waals surface area contributed by atoms with E-state index in [0.29, 0.717) is 15.8 Å². The van der Waals surface area contributed by atoms with Gasteiger partial charge in [0.05, 0.1) is 0 Å². The highest BCUT2D eigenvalue weighted by atomic mass is 32.1. The highest BCUT2D eigenvalue weighted by molar-refractivity contribution is 7.18. The Hall–Kier alpha value is -1.30. The molecule has 1 aromatic heterocycles. The summed E-state index contributed by atoms with van der Waals surface area (Å²) in [7, 11) is 1.81. The van der Waals surface area contributed by atoms with Gasteiger partial charge in [-0.1, -0.05) is 31.1 Å². The zero-order valence-electron chi connectivity index (χ0n) is 12.2. The van der Waals surface area contributed by atoms with E-state index in [1.165, 1.54) is 11.3 Å². The number of unbranched alkanes of at least 4 members (excludes halogenated alkanes) is 2. The summed E-state index contributed by atoms with van der Waals surface area (Å²) in [5, 5.41) is 3.88. The van der Waals surface area contributed by atoms with E-state index in [4.69, 9.17) is 5.73 Å². The van der Waals surface area contributed by atoms with Crippen LogP contribution >= 0.6 is 11.3 Å². The highest BCUT2D eigenvalue weighted by Crippen LogP contribution is 2.26. The molecular weight excluding hydrogens is 260 g/mol. The van der Waals surface area contributed by atoms with Crippen LogP contribution in [0.25, 0.3) is 0 Å². The Bertz CT molecular complexity index is 417. The molecule has 0 aliphatic carbocycles. The largest absolute Gasteiger partial charge is 0.382 e. The number of thiazole rings is 1. The van der Waals surface area contributed by atoms with Gasteiger partial charge in [-0.3, -0.25) is 4.79 Å². The summed E-state index contributed by atoms with van der Waals surface area (Å²) in [5.74, 6) is 0.281. The summed E-state index contributed by atoms with van der Waals surface area (Å²) in [6, 6.07) is 0.274. The van der Waals surface area contributed by atoms with Crippen molar-refractivity contribution in [3.05, 3.63) is 4.88 Å². The number of nitrogens with one attached hydrogen (secondary N) is 1. The predicted octanol–water partition coefficient (Wildman–Crippen LogP) is 2.81. The van der Waals surface area contributed by atoms with Crippen molar-refractivity contribution in [2.75, 3.05) is 24.6 Å². The van der Waals surface area contributed by atoms with Gasteiger partial charge in [0.15, 0.2) is 5.13 Å². The molecular formula is C13H24N4OS. The molecule has 0 atom stereocenters. The van der Waals surface area contributed by atoms with E-state index in [0.717, 1.165) is 25.8 Å². The number of carbonyl (C=O) groups is 1. The van der Waals surface area contributed by atoms with Crippen molar-refractivity contribution in [2.24, 2.45) is 0 Å². The van der Waals surface area contributed by atoms with E-state index in [2.05, 4.69) is 17.2 Å². The van der Waals surface area contributed by atoms with E-state index < -0.39 is 0 Å². The van der Waals surface area contributed by atoms with Gasteiger partial charge in [-0.05, 0) is 20.3 Å². The molecule has 0 saturated heterocycles. The molecule has 0 aliphatic rings. The van der Waals surface area contributed by atoms with Gasteiger partial charge in [-0.2, -0.15) is 0 Å². The van der Waals surface area contributed by atoms with Crippen LogP contribution in [0.3, 0.4) is 0 Å². The molecule has 1 rings (SSSR count). The molecule has 1 heterocycles. The van der Waals surface area contributed by atoms with E-state index in [9.17, 15) is 4.79 Å². The second kappa shape index (κ2) is 7.33. The van der Waals surface area contributed by atoms with Gasteiger partial charge in [-0.25, -0.2) is 4.98 Å². The number of hydrogen-bond acceptors (Lipinski definition) is 5. The van der Waals surface area contributed by atoms with Gasteiger partial charge in [0.1, 0.15) is 10.7 Å². The maximum Gasteiger partial charge on any atom is 0.267 e. The predicted molar refractivity (Wildman–Crippen MR) is 81.8 cm³/mol. The number of amides is 1. The Balaban J connectivity index is 2.68. The van der Waals surface area contributed by atoms with Crippen LogP contribution in [0.2, 0.25) is 0 Å². The molecule has 0 aliphatic heterocycles. The molecule has 1 amide bonds. The second-order valence-corrected chi connectivity index (χ2v) is 5.97. The average molecular weight is 284 g/mol. The lowest BCUT2D eigenvalue weighted by molar-refractivity contribution is 0.0798. The monoisotopic (exact) mass is 284 g/mol. The van der Waals surface area contributed by atoms with Crippen LogP contribution in [-0.2, 0) is 0 Å². The van der Waals surface area contributed by atoms with Gasteiger partial charge in [0.2, 0.25) is 0 Å². The number of nitrogens with zero attached hydrogens (tertiary/aromatic N) is 2. The van der Waals surface area contributed by atoms with Crippen molar-refractivity contribution >= 4 is 28.2 Å². The molecule has 0 fully saturated rings. The highest BCUT2D eigenvalue weighted by Gasteiger charge is 2.19. The lowest BCUT2D eigenvalue weighted by Crippen LogP contribution is -2.27. The van der Waals surface area contributed by atoms with Crippen LogP contribution in [0.4, 0.5) is 10.9 Å². The van der Waals surface area contributed by atoms with E-state index in [1.54, 1.807) is 4.90 Å². The number of hydrogen-bond donors (Lipinski definition) is 2. The fraction of sp³-hybridized carbons (Fsp3) is 0.692. The Labute approximate surface area is 119 Å². The van der Waals surface area contributed by atoms with Crippen molar-refractivity contribution in [1.82, 2.24) is 9.88 Å². The lowest BCUT2D eigenvalue weighted by Gasteiger charge is -2.15. The molecule has 0 radical (unpaired) electrons. The Kier molecular flexibility index (Phi) is 6.08. The Morgan fingerprint density at radius 2 is 2.16 bits per heavy atom. The van der Waals surface area contributed by atoms with E-state index in [1.807, 2.05) is 20.9 Å². The second-order valence-electron chi connectivity index (χ2n) is 4.97. The first kappa shape index (κ1) is 15.8. The number of nitrogens with two attached hydrogens (primary N) is 1. The summed E-state index contributed by atoms with van der Waals surface area (Å²) in [5.41, 5.74) is 5.82. The van der Waals surface area contributed by atoms with Gasteiger partial charge in [-0.15, -0.1) is 0 Å². The molecule has 5 nitrogen and oxygen atoms in total. The molecule has 0 unspecified atom stereocenters. The summed E-state index contributed by atoms with van der Waals surface area (Å²) in [4.78, 5) is 18.7. The third kappa shape index (κ3) is 4.70. The molecule has 3 N–H and O–H groups in total. The van der Waals surface area contributed by atoms with Crippen molar-refractivity contribution < 1.29 is 4.79 Å². The van der Waals surface area contributed by atoms with E-state index >= 15 is 0 Å². The first-order chi connectivity index (χ1) is 8.95. The molecule has 19 heavy (non-hydrogen) atoms. The van der Waals surface area contributed by atoms with Crippen molar-refractivity contribution in [1.29, 1.82) is 0 Å². The summed E-state index contributed by atoms with van der Waals surface area (Å²) >= 11 is 1.33. The summed E-state index contributed by atoms with van der Waals surface area (Å²) in [6.45, 7) is 6.95. The third-order valence-electron chi connectivity index (χ3n) is 2.70. The fourth-order valence-electron chi connectivity index (χ4n) is 1.67. The SMILES string of the molecule is CCCCCN(C)C(=O)c1sc(NC(C)C)nc1N. The average Bonchev–Trinajstić information content (AvgIpc) is 2.68. The molecule has 0 aromatic carbocycles. The zero-order chi connectivity index (χ0) is 14.4. The quantitative estimate of drug-likeness (QED) is 0.755. The first-order valence-corrected chi connectivity index (χ1v) is 7.55. The molecule has 0 bridgehead atoms. The van der Waals surface area contributed by atoms with Gasteiger partial charge >= 0.3 is 0 Å². The Morgan fingerprint density at radius 3 is 2.74 bits per heavy atom. The molecule has 1 aromatic rings. The van der Waals surface area contributed by atoms with Crippen molar-refractivity contribution in [3.63, 3.8) is 0 Å². The zero-order valence-corrected chi connectivity index (χ0v) is 13.0. The van der Waals surface area contributed by atoms with Crippen molar-refractivity contribution in [2.45, 2.75) is 46.1 Å². The standard InChI is InChI=1S/C13H24N4OS/c1-5-6-7-8-17(4)12(18)10-11(14)16-13(19-10)15-9(2)3/h9H,5-8,14H2,1-4H3,(H,15,16). The Morgan fingerprint density at radius 1 is 1.47 bits per heavy atom. The van der Waals surface area contributed by atoms with Crippen LogP contribution in [0.15, 0.2) is 0 Å². The van der Waals surface area contributed by atoms with E-state index in [-0.39, 0.29) is 11.9 Å². The maximum absolute atomic E-state index is 12.2. The van der Waals surface area contributed by atoms with Gasteiger partial charge in [0, 0.05) is 19.6 Å². The first-order valence-electron chi connectivity index (χ1n) is 6.74. The topological polar surface area (TPSA) is 71.2 Å². The molecule has 0 saturated carbocycles. The van der Waals surface area contributed by atoms with Crippen LogP contribution in [0, 0.1) is 0 Å². The van der Waals surface area contributed by atoms with Crippen LogP contribution in [-0.4, -0.2) is 35.4 Å². The lowest BCUT2D eigenvalue weighted by atomic mass is 10.2. The summed E-state index contributed by atoms with van der Waals surface area (Å²) < 4.78 is 0. The fourth-order valence-corrected chi connectivity index (χ4v) is 2.69. The minimum atomic E-state index is -0.0390. The third-order valence-corrected chi connectivity index (χ3v) is 3.69. The number of aromatic nitrogens is 1. The smallest absolute Gasteiger partial charge is 0.267 e. The summed E-state index contributed by atoms with van der Waals surface area (Å²) in [6.07, 6.45) is 3.30. The molecule has 0 spiro atoms. The van der Waals surface area contributed by atoms with Crippen LogP contribution in [0.5, 0.6) is 0 Å².